The molecule has 1 fully saturated rings. The van der Waals surface area contributed by atoms with Crippen molar-refractivity contribution in [3.8, 4) is 0 Å². The summed E-state index contributed by atoms with van der Waals surface area (Å²) in [6, 6.07) is 13.6. The van der Waals surface area contributed by atoms with E-state index < -0.39 is 24.5 Å². The summed E-state index contributed by atoms with van der Waals surface area (Å²) in [5, 5.41) is 8.74. The van der Waals surface area contributed by atoms with Gasteiger partial charge in [-0.2, -0.15) is 0 Å². The molecule has 2 aromatic rings. The third kappa shape index (κ3) is 6.58. The molecule has 2 aromatic carbocycles. The van der Waals surface area contributed by atoms with Crippen molar-refractivity contribution < 1.29 is 28.6 Å². The van der Waals surface area contributed by atoms with E-state index in [0.29, 0.717) is 18.5 Å². The summed E-state index contributed by atoms with van der Waals surface area (Å²) in [5.41, 5.74) is 7.79. The molecule has 3 N–H and O–H groups in total. The third-order valence-electron chi connectivity index (χ3n) is 5.59. The van der Waals surface area contributed by atoms with Crippen LogP contribution in [0.15, 0.2) is 48.5 Å². The predicted molar refractivity (Wildman–Crippen MR) is 117 cm³/mol. The van der Waals surface area contributed by atoms with Gasteiger partial charge in [0.25, 0.3) is 0 Å². The van der Waals surface area contributed by atoms with Crippen LogP contribution in [-0.2, 0) is 9.47 Å². The molecule has 1 aliphatic heterocycles. The molecule has 3 rings (SSSR count). The third-order valence-corrected chi connectivity index (χ3v) is 5.59. The number of amides is 1. The van der Waals surface area contributed by atoms with Gasteiger partial charge in [0.05, 0.1) is 0 Å². The summed E-state index contributed by atoms with van der Waals surface area (Å²) in [6.07, 6.45) is -2.62. The molecule has 1 amide bonds. The van der Waals surface area contributed by atoms with Gasteiger partial charge in [-0.1, -0.05) is 24.3 Å². The second-order valence-corrected chi connectivity index (χ2v) is 7.71. The Bertz CT molecular complexity index is 899. The van der Waals surface area contributed by atoms with Gasteiger partial charge >= 0.3 is 12.2 Å². The Balaban J connectivity index is 1.51. The molecule has 0 bridgehead atoms. The van der Waals surface area contributed by atoms with E-state index >= 15 is 0 Å². The summed E-state index contributed by atoms with van der Waals surface area (Å²) in [5.74, 6) is -0.348. The van der Waals surface area contributed by atoms with Crippen LogP contribution in [0.2, 0.25) is 0 Å². The van der Waals surface area contributed by atoms with E-state index in [4.69, 9.17) is 20.3 Å². The molecule has 8 nitrogen and oxygen atoms in total. The highest BCUT2D eigenvalue weighted by Gasteiger charge is 2.21. The molecule has 32 heavy (non-hydrogen) atoms. The number of ether oxygens (including phenoxy) is 2. The maximum absolute atomic E-state index is 13.2. The number of nitrogens with two attached hydrogens (primary N) is 1. The maximum Gasteiger partial charge on any atom is 0.506 e. The summed E-state index contributed by atoms with van der Waals surface area (Å²) >= 11 is 0. The Morgan fingerprint density at radius 2 is 1.59 bits per heavy atom. The van der Waals surface area contributed by atoms with E-state index in [0.717, 1.165) is 37.4 Å². The first-order chi connectivity index (χ1) is 15.3. The predicted octanol–water partition coefficient (Wildman–Crippen LogP) is 3.93. The quantitative estimate of drug-likeness (QED) is 0.593. The zero-order valence-electron chi connectivity index (χ0n) is 17.9. The van der Waals surface area contributed by atoms with Gasteiger partial charge in [0.15, 0.2) is 0 Å². The molecule has 172 valence electrons. The zero-order valence-corrected chi connectivity index (χ0v) is 17.9. The second kappa shape index (κ2) is 10.8. The lowest BCUT2D eigenvalue weighted by Crippen LogP contribution is -2.46. The highest BCUT2D eigenvalue weighted by Crippen LogP contribution is 2.24. The first-order valence-corrected chi connectivity index (χ1v) is 10.5. The number of anilines is 1. The van der Waals surface area contributed by atoms with Gasteiger partial charge in [-0.25, -0.2) is 14.0 Å². The normalized spacial score (nSPS) is 16.2. The van der Waals surface area contributed by atoms with Crippen LogP contribution in [0.5, 0.6) is 0 Å². The molecule has 0 saturated carbocycles. The van der Waals surface area contributed by atoms with Crippen molar-refractivity contribution in [1.29, 1.82) is 0 Å². The number of piperazine rings is 1. The average Bonchev–Trinajstić information content (AvgIpc) is 2.77. The maximum atomic E-state index is 13.2. The Hall–Kier alpha value is -3.33. The van der Waals surface area contributed by atoms with Gasteiger partial charge in [0, 0.05) is 44.8 Å². The number of hydrogen-bond donors (Lipinski definition) is 2. The number of halogens is 1. The van der Waals surface area contributed by atoms with Crippen molar-refractivity contribution in [3.63, 3.8) is 0 Å². The van der Waals surface area contributed by atoms with Crippen molar-refractivity contribution >= 4 is 17.9 Å². The van der Waals surface area contributed by atoms with E-state index in [-0.39, 0.29) is 5.82 Å². The molecule has 0 aliphatic carbocycles. The summed E-state index contributed by atoms with van der Waals surface area (Å²) in [7, 11) is 0. The van der Waals surface area contributed by atoms with Crippen molar-refractivity contribution in [1.82, 2.24) is 4.90 Å². The first-order valence-electron chi connectivity index (χ1n) is 10.5. The molecule has 0 spiro atoms. The number of carbonyl (C=O) groups is 2. The van der Waals surface area contributed by atoms with E-state index in [1.807, 2.05) is 24.3 Å². The van der Waals surface area contributed by atoms with Crippen LogP contribution >= 0.6 is 0 Å². The lowest BCUT2D eigenvalue weighted by Gasteiger charge is -2.36. The number of nitrogens with zero attached hydrogens (tertiary/aromatic N) is 2. The summed E-state index contributed by atoms with van der Waals surface area (Å²) in [4.78, 5) is 26.5. The van der Waals surface area contributed by atoms with Gasteiger partial charge in [0.1, 0.15) is 18.0 Å². The first kappa shape index (κ1) is 23.3. The van der Waals surface area contributed by atoms with E-state index in [1.165, 1.54) is 12.1 Å². The molecule has 1 heterocycles. The number of carboxylic acid groups (broad SMARTS) is 1. The Labute approximate surface area is 186 Å². The number of benzene rings is 2. The number of hydrogen-bond acceptors (Lipinski definition) is 6. The summed E-state index contributed by atoms with van der Waals surface area (Å²) < 4.78 is 23.2. The van der Waals surface area contributed by atoms with Crippen LogP contribution in [0.4, 0.5) is 19.7 Å². The van der Waals surface area contributed by atoms with Gasteiger partial charge < -0.3 is 25.2 Å². The van der Waals surface area contributed by atoms with Crippen LogP contribution in [0.25, 0.3) is 0 Å². The smallest absolute Gasteiger partial charge is 0.450 e. The minimum Gasteiger partial charge on any atom is -0.450 e. The van der Waals surface area contributed by atoms with E-state index in [1.54, 1.807) is 19.1 Å². The molecular weight excluding hydrogens is 417 g/mol. The fraction of sp³-hybridized carbons (Fsp3) is 0.391. The molecular formula is C23H28FN3O5. The fourth-order valence-corrected chi connectivity index (χ4v) is 3.82. The van der Waals surface area contributed by atoms with Crippen molar-refractivity contribution in [2.75, 3.05) is 37.6 Å². The average molecular weight is 445 g/mol. The van der Waals surface area contributed by atoms with Crippen molar-refractivity contribution in [2.24, 2.45) is 5.73 Å². The van der Waals surface area contributed by atoms with Crippen LogP contribution < -0.4 is 10.6 Å². The number of rotatable bonds is 8. The minimum absolute atomic E-state index is 0.348. The van der Waals surface area contributed by atoms with Crippen LogP contribution in [0.3, 0.4) is 0 Å². The highest BCUT2D eigenvalue weighted by atomic mass is 19.1. The van der Waals surface area contributed by atoms with Crippen LogP contribution in [0.1, 0.15) is 36.7 Å². The fourth-order valence-electron chi connectivity index (χ4n) is 3.82. The largest absolute Gasteiger partial charge is 0.506 e. The van der Waals surface area contributed by atoms with Gasteiger partial charge in [-0.15, -0.1) is 0 Å². The molecule has 0 radical (unpaired) electrons. The van der Waals surface area contributed by atoms with Gasteiger partial charge in [-0.05, 0) is 42.3 Å². The monoisotopic (exact) mass is 445 g/mol. The summed E-state index contributed by atoms with van der Waals surface area (Å²) in [6.45, 7) is 5.76. The molecule has 2 atom stereocenters. The Kier molecular flexibility index (Phi) is 7.88. The number of carbonyl (C=O) groups excluding carboxylic acids is 1. The van der Waals surface area contributed by atoms with E-state index in [2.05, 4.69) is 9.80 Å². The zero-order chi connectivity index (χ0) is 23.1. The molecule has 2 unspecified atom stereocenters. The van der Waals surface area contributed by atoms with Crippen LogP contribution in [-0.4, -0.2) is 55.0 Å². The molecule has 1 saturated heterocycles. The van der Waals surface area contributed by atoms with Crippen LogP contribution in [0, 0.1) is 5.82 Å². The molecule has 1 aliphatic rings. The number of primary amides is 1. The topological polar surface area (TPSA) is 105 Å². The highest BCUT2D eigenvalue weighted by molar-refractivity contribution is 5.65. The molecule has 0 aromatic heterocycles. The lowest BCUT2D eigenvalue weighted by atomic mass is 10.1. The van der Waals surface area contributed by atoms with E-state index in [9.17, 15) is 14.0 Å². The molecule has 9 heteroatoms. The SMILES string of the molecule is CC(OC(=O)O)c1ccc(N2CCN(CCC(OC(N)=O)c3ccc(F)cc3)CC2)cc1. The standard InChI is InChI=1S/C23H28FN3O5/c1-16(31-23(29)30)17-4-8-20(9-5-17)27-14-12-26(13-15-27)11-10-21(32-22(25)28)18-2-6-19(24)7-3-18/h2-9,16,21H,10-15H2,1H3,(H2,25,28)(H,29,30). The van der Waals surface area contributed by atoms with Gasteiger partial charge in [0.2, 0.25) is 0 Å². The lowest BCUT2D eigenvalue weighted by molar-refractivity contribution is 0.0587. The van der Waals surface area contributed by atoms with Gasteiger partial charge in [-0.3, -0.25) is 4.90 Å². The Morgan fingerprint density at radius 3 is 2.16 bits per heavy atom. The Morgan fingerprint density at radius 1 is 1.00 bits per heavy atom. The minimum atomic E-state index is -1.29. The second-order valence-electron chi connectivity index (χ2n) is 7.71. The van der Waals surface area contributed by atoms with Crippen molar-refractivity contribution in [3.05, 3.63) is 65.5 Å². The van der Waals surface area contributed by atoms with Crippen molar-refractivity contribution in [2.45, 2.75) is 25.6 Å².